The topological polar surface area (TPSA) is 37.3 Å². The highest BCUT2D eigenvalue weighted by molar-refractivity contribution is 6.29. The maximum Gasteiger partial charge on any atom is 0.321 e. The predicted molar refractivity (Wildman–Crippen MR) is 36.7 cm³/mol. The van der Waals surface area contributed by atoms with Crippen LogP contribution in [0.1, 0.15) is 12.8 Å². The molecule has 0 amide bonds. The molecule has 0 aromatic rings. The average Bonchev–Trinajstić information content (AvgIpc) is 1.82. The lowest BCUT2D eigenvalue weighted by atomic mass is 10.2. The van der Waals surface area contributed by atoms with Gasteiger partial charge in [-0.05, 0) is 12.8 Å². The Morgan fingerprint density at radius 3 is 2.78 bits per heavy atom. The third kappa shape index (κ3) is 4.03. The lowest BCUT2D eigenvalue weighted by Gasteiger charge is -1.98. The smallest absolute Gasteiger partial charge is 0.321 e. The van der Waals surface area contributed by atoms with Crippen molar-refractivity contribution in [2.45, 2.75) is 18.2 Å². The Morgan fingerprint density at radius 2 is 2.44 bits per heavy atom. The summed E-state index contributed by atoms with van der Waals surface area (Å²) in [7, 11) is 0. The van der Waals surface area contributed by atoms with Crippen molar-refractivity contribution in [3.63, 3.8) is 0 Å². The SMILES string of the molecule is C=CCCC(Cl)C(=O)O. The van der Waals surface area contributed by atoms with Gasteiger partial charge in [0.05, 0.1) is 0 Å². The van der Waals surface area contributed by atoms with Crippen LogP contribution in [-0.4, -0.2) is 16.5 Å². The third-order valence-electron chi connectivity index (χ3n) is 0.892. The molecule has 2 nitrogen and oxygen atoms in total. The maximum atomic E-state index is 10.0. The molecule has 0 bridgehead atoms. The van der Waals surface area contributed by atoms with Crippen LogP contribution in [0.15, 0.2) is 12.7 Å². The van der Waals surface area contributed by atoms with E-state index in [2.05, 4.69) is 6.58 Å². The molecule has 0 aromatic carbocycles. The second kappa shape index (κ2) is 4.39. The number of hydrogen-bond acceptors (Lipinski definition) is 1. The molecule has 0 heterocycles. The molecule has 9 heavy (non-hydrogen) atoms. The molecule has 0 fully saturated rings. The number of carbonyl (C=O) groups is 1. The second-order valence-corrected chi connectivity index (χ2v) is 2.20. The van der Waals surface area contributed by atoms with Gasteiger partial charge in [0.1, 0.15) is 5.38 Å². The molecule has 0 aliphatic rings. The number of hydrogen-bond donors (Lipinski definition) is 1. The number of carboxylic acids is 1. The largest absolute Gasteiger partial charge is 0.480 e. The molecule has 52 valence electrons. The fourth-order valence-corrected chi connectivity index (χ4v) is 0.514. The summed E-state index contributed by atoms with van der Waals surface area (Å²) in [6, 6.07) is 0. The second-order valence-electron chi connectivity index (χ2n) is 1.67. The van der Waals surface area contributed by atoms with Gasteiger partial charge in [0.25, 0.3) is 0 Å². The first-order valence-corrected chi connectivity index (χ1v) is 3.10. The molecular formula is C6H9ClO2. The highest BCUT2D eigenvalue weighted by Crippen LogP contribution is 2.04. The Bertz CT molecular complexity index is 112. The van der Waals surface area contributed by atoms with Gasteiger partial charge in [0.2, 0.25) is 0 Å². The van der Waals surface area contributed by atoms with E-state index in [1.165, 1.54) is 0 Å². The van der Waals surface area contributed by atoms with Gasteiger partial charge in [-0.1, -0.05) is 6.08 Å². The summed E-state index contributed by atoms with van der Waals surface area (Å²) in [4.78, 5) is 10.0. The number of alkyl halides is 1. The minimum Gasteiger partial charge on any atom is -0.480 e. The standard InChI is InChI=1S/C6H9ClO2/c1-2-3-4-5(7)6(8)9/h2,5H,1,3-4H2,(H,8,9). The summed E-state index contributed by atoms with van der Waals surface area (Å²) >= 11 is 5.35. The van der Waals surface area contributed by atoms with E-state index in [1.807, 2.05) is 0 Å². The van der Waals surface area contributed by atoms with Gasteiger partial charge in [0.15, 0.2) is 0 Å². The molecule has 0 aromatic heterocycles. The van der Waals surface area contributed by atoms with Crippen LogP contribution in [0.4, 0.5) is 0 Å². The van der Waals surface area contributed by atoms with E-state index in [0.29, 0.717) is 12.8 Å². The van der Waals surface area contributed by atoms with Gasteiger partial charge in [0, 0.05) is 0 Å². The van der Waals surface area contributed by atoms with Crippen LogP contribution in [0, 0.1) is 0 Å². The Labute approximate surface area is 59.1 Å². The van der Waals surface area contributed by atoms with Gasteiger partial charge >= 0.3 is 5.97 Å². The molecule has 0 aliphatic carbocycles. The van der Waals surface area contributed by atoms with Crippen molar-refractivity contribution in [2.75, 3.05) is 0 Å². The van der Waals surface area contributed by atoms with Gasteiger partial charge in [-0.2, -0.15) is 0 Å². The molecule has 1 N–H and O–H groups in total. The van der Waals surface area contributed by atoms with Crippen LogP contribution in [0.5, 0.6) is 0 Å². The van der Waals surface area contributed by atoms with E-state index in [4.69, 9.17) is 16.7 Å². The zero-order valence-electron chi connectivity index (χ0n) is 5.01. The normalized spacial score (nSPS) is 12.6. The summed E-state index contributed by atoms with van der Waals surface area (Å²) in [6.45, 7) is 3.44. The van der Waals surface area contributed by atoms with Crippen LogP contribution < -0.4 is 0 Å². The molecule has 0 saturated heterocycles. The number of rotatable bonds is 4. The van der Waals surface area contributed by atoms with Crippen molar-refractivity contribution in [3.8, 4) is 0 Å². The van der Waals surface area contributed by atoms with E-state index in [-0.39, 0.29) is 0 Å². The van der Waals surface area contributed by atoms with Crippen LogP contribution in [-0.2, 0) is 4.79 Å². The minimum atomic E-state index is -0.960. The average molecular weight is 149 g/mol. The highest BCUT2D eigenvalue weighted by atomic mass is 35.5. The van der Waals surface area contributed by atoms with Gasteiger partial charge in [-0.15, -0.1) is 18.2 Å². The summed E-state index contributed by atoms with van der Waals surface area (Å²) < 4.78 is 0. The summed E-state index contributed by atoms with van der Waals surface area (Å²) in [5, 5.41) is 7.48. The molecule has 0 saturated carbocycles. The van der Waals surface area contributed by atoms with E-state index in [1.54, 1.807) is 6.08 Å². The fourth-order valence-electron chi connectivity index (χ4n) is 0.388. The Kier molecular flexibility index (Phi) is 4.14. The maximum absolute atomic E-state index is 10.0. The minimum absolute atomic E-state index is 0.459. The number of allylic oxidation sites excluding steroid dienone is 1. The first-order valence-electron chi connectivity index (χ1n) is 2.66. The van der Waals surface area contributed by atoms with Crippen molar-refractivity contribution in [1.29, 1.82) is 0 Å². The highest BCUT2D eigenvalue weighted by Gasteiger charge is 2.10. The first-order chi connectivity index (χ1) is 4.18. The van der Waals surface area contributed by atoms with Crippen molar-refractivity contribution >= 4 is 17.6 Å². The van der Waals surface area contributed by atoms with Crippen molar-refractivity contribution < 1.29 is 9.90 Å². The zero-order chi connectivity index (χ0) is 7.28. The monoisotopic (exact) mass is 148 g/mol. The fraction of sp³-hybridized carbons (Fsp3) is 0.500. The van der Waals surface area contributed by atoms with Crippen LogP contribution >= 0.6 is 11.6 Å². The summed E-state index contributed by atoms with van der Waals surface area (Å²) in [5.74, 6) is -0.960. The third-order valence-corrected chi connectivity index (χ3v) is 1.30. The number of carboxylic acid groups (broad SMARTS) is 1. The van der Waals surface area contributed by atoms with Crippen molar-refractivity contribution in [1.82, 2.24) is 0 Å². The predicted octanol–water partition coefficient (Wildman–Crippen LogP) is 1.64. The summed E-state index contributed by atoms with van der Waals surface area (Å²) in [6.07, 6.45) is 2.76. The first kappa shape index (κ1) is 8.50. The Hall–Kier alpha value is -0.500. The zero-order valence-corrected chi connectivity index (χ0v) is 5.77. The van der Waals surface area contributed by atoms with Gasteiger partial charge in [-0.25, -0.2) is 0 Å². The van der Waals surface area contributed by atoms with Crippen molar-refractivity contribution in [2.24, 2.45) is 0 Å². The van der Waals surface area contributed by atoms with E-state index in [9.17, 15) is 4.79 Å². The molecule has 0 radical (unpaired) electrons. The molecule has 0 rings (SSSR count). The molecule has 3 heteroatoms. The van der Waals surface area contributed by atoms with E-state index in [0.717, 1.165) is 0 Å². The molecular weight excluding hydrogens is 140 g/mol. The van der Waals surface area contributed by atoms with Crippen molar-refractivity contribution in [3.05, 3.63) is 12.7 Å². The van der Waals surface area contributed by atoms with Crippen LogP contribution in [0.2, 0.25) is 0 Å². The lowest BCUT2D eigenvalue weighted by molar-refractivity contribution is -0.136. The summed E-state index contributed by atoms with van der Waals surface area (Å²) in [5.41, 5.74) is 0. The molecule has 0 spiro atoms. The van der Waals surface area contributed by atoms with Gasteiger partial charge in [-0.3, -0.25) is 4.79 Å². The number of halogens is 1. The van der Waals surface area contributed by atoms with Crippen LogP contribution in [0.3, 0.4) is 0 Å². The molecule has 1 unspecified atom stereocenters. The number of aliphatic carboxylic acids is 1. The Balaban J connectivity index is 3.37. The van der Waals surface area contributed by atoms with E-state index >= 15 is 0 Å². The quantitative estimate of drug-likeness (QED) is 0.486. The molecule has 0 aliphatic heterocycles. The Morgan fingerprint density at radius 1 is 1.89 bits per heavy atom. The van der Waals surface area contributed by atoms with Gasteiger partial charge < -0.3 is 5.11 Å². The molecule has 1 atom stereocenters. The van der Waals surface area contributed by atoms with Crippen LogP contribution in [0.25, 0.3) is 0 Å². The van der Waals surface area contributed by atoms with E-state index < -0.39 is 11.3 Å². The lowest BCUT2D eigenvalue weighted by Crippen LogP contribution is -2.12.